The van der Waals surface area contributed by atoms with Crippen LogP contribution >= 0.6 is 0 Å². The Hall–Kier alpha value is -1.05. The molecule has 17 heavy (non-hydrogen) atoms. The van der Waals surface area contributed by atoms with Gasteiger partial charge in [0.15, 0.2) is 0 Å². The summed E-state index contributed by atoms with van der Waals surface area (Å²) in [7, 11) is 0. The summed E-state index contributed by atoms with van der Waals surface area (Å²) in [5.74, 6) is -0.360. The van der Waals surface area contributed by atoms with Crippen molar-refractivity contribution in [2.75, 3.05) is 6.61 Å². The van der Waals surface area contributed by atoms with Crippen LogP contribution in [0.25, 0.3) is 0 Å². The molecule has 0 aromatic rings. The summed E-state index contributed by atoms with van der Waals surface area (Å²) < 4.78 is 5.04. The first-order chi connectivity index (χ1) is 8.16. The molecule has 0 saturated heterocycles. The third-order valence-electron chi connectivity index (χ3n) is 3.37. The van der Waals surface area contributed by atoms with Crippen molar-refractivity contribution in [3.05, 3.63) is 23.8 Å². The van der Waals surface area contributed by atoms with Crippen LogP contribution in [0.1, 0.15) is 52.4 Å². The van der Waals surface area contributed by atoms with Gasteiger partial charge in [-0.2, -0.15) is 0 Å². The predicted octanol–water partition coefficient (Wildman–Crippen LogP) is 4.02. The highest BCUT2D eigenvalue weighted by Gasteiger charge is 2.20. The van der Waals surface area contributed by atoms with Gasteiger partial charge in [-0.25, -0.2) is 0 Å². The van der Waals surface area contributed by atoms with E-state index in [0.29, 0.717) is 6.61 Å². The molecule has 0 spiro atoms. The van der Waals surface area contributed by atoms with Gasteiger partial charge in [-0.3, -0.25) is 4.79 Å². The van der Waals surface area contributed by atoms with Crippen molar-refractivity contribution in [1.82, 2.24) is 0 Å². The van der Waals surface area contributed by atoms with Gasteiger partial charge in [0.05, 0.1) is 12.5 Å². The number of rotatable bonds is 4. The largest absolute Gasteiger partial charge is 0.466 e. The molecule has 1 unspecified atom stereocenters. The highest BCUT2D eigenvalue weighted by molar-refractivity contribution is 5.76. The van der Waals surface area contributed by atoms with Crippen molar-refractivity contribution < 1.29 is 9.53 Å². The Morgan fingerprint density at radius 1 is 1.41 bits per heavy atom. The zero-order chi connectivity index (χ0) is 12.7. The molecule has 0 radical (unpaired) electrons. The Morgan fingerprint density at radius 3 is 2.82 bits per heavy atom. The minimum atomic E-state index is -0.208. The van der Waals surface area contributed by atoms with Crippen LogP contribution in [-0.2, 0) is 9.53 Å². The molecule has 0 aromatic carbocycles. The van der Waals surface area contributed by atoms with Crippen molar-refractivity contribution in [3.63, 3.8) is 0 Å². The Bertz CT molecular complexity index is 302. The van der Waals surface area contributed by atoms with Crippen molar-refractivity contribution in [1.29, 1.82) is 0 Å². The van der Waals surface area contributed by atoms with Crippen molar-refractivity contribution in [2.24, 2.45) is 5.92 Å². The monoisotopic (exact) mass is 236 g/mol. The fourth-order valence-corrected chi connectivity index (χ4v) is 2.17. The van der Waals surface area contributed by atoms with E-state index in [2.05, 4.69) is 12.7 Å². The summed E-state index contributed by atoms with van der Waals surface area (Å²) in [5, 5.41) is 0. The number of hydrogen-bond acceptors (Lipinski definition) is 2. The quantitative estimate of drug-likeness (QED) is 0.689. The third kappa shape index (κ3) is 4.37. The van der Waals surface area contributed by atoms with Crippen LogP contribution in [0.15, 0.2) is 23.8 Å². The Kier molecular flexibility index (Phi) is 6.03. The maximum absolute atomic E-state index is 11.7. The lowest BCUT2D eigenvalue weighted by atomic mass is 9.89. The number of esters is 1. The van der Waals surface area contributed by atoms with E-state index in [0.717, 1.165) is 18.4 Å². The molecule has 96 valence electrons. The minimum absolute atomic E-state index is 0.152. The lowest BCUT2D eigenvalue weighted by molar-refractivity contribution is -0.145. The Labute approximate surface area is 105 Å². The number of carbonyl (C=O) groups excluding carboxylic acids is 1. The third-order valence-corrected chi connectivity index (χ3v) is 3.37. The van der Waals surface area contributed by atoms with Crippen LogP contribution in [0.2, 0.25) is 0 Å². The summed E-state index contributed by atoms with van der Waals surface area (Å²) in [6.45, 7) is 8.25. The number of hydrogen-bond donors (Lipinski definition) is 0. The number of allylic oxidation sites excluding steroid dienone is 2. The Morgan fingerprint density at radius 2 is 2.12 bits per heavy atom. The highest BCUT2D eigenvalue weighted by atomic mass is 16.5. The second kappa shape index (κ2) is 7.31. The van der Waals surface area contributed by atoms with E-state index in [9.17, 15) is 4.79 Å². The van der Waals surface area contributed by atoms with Gasteiger partial charge in [0.25, 0.3) is 0 Å². The molecule has 0 N–H and O–H groups in total. The van der Waals surface area contributed by atoms with Crippen molar-refractivity contribution in [2.45, 2.75) is 52.4 Å². The minimum Gasteiger partial charge on any atom is -0.466 e. The summed E-state index contributed by atoms with van der Waals surface area (Å²) in [6.07, 6.45) is 9.51. The van der Waals surface area contributed by atoms with Gasteiger partial charge < -0.3 is 4.74 Å². The van der Waals surface area contributed by atoms with Gasteiger partial charge in [-0.15, -0.1) is 0 Å². The average Bonchev–Trinajstić information content (AvgIpc) is 2.27. The Balaban J connectivity index is 2.63. The number of carbonyl (C=O) groups is 1. The molecule has 2 nitrogen and oxygen atoms in total. The van der Waals surface area contributed by atoms with Gasteiger partial charge in [0, 0.05) is 0 Å². The predicted molar refractivity (Wildman–Crippen MR) is 70.7 cm³/mol. The standard InChI is InChI=1S/C15H24O2/c1-4-17-15(16)13(3)12(2)14-10-8-6-5-7-9-11-14/h10,13H,2,4-9,11H2,1,3H3/b14-10+. The summed E-state index contributed by atoms with van der Waals surface area (Å²) in [6, 6.07) is 0. The highest BCUT2D eigenvalue weighted by Crippen LogP contribution is 2.27. The maximum Gasteiger partial charge on any atom is 0.313 e. The maximum atomic E-state index is 11.7. The molecule has 2 heteroatoms. The zero-order valence-corrected chi connectivity index (χ0v) is 11.1. The van der Waals surface area contributed by atoms with Crippen LogP contribution in [-0.4, -0.2) is 12.6 Å². The molecular formula is C15H24O2. The molecule has 0 amide bonds. The van der Waals surface area contributed by atoms with Crippen molar-refractivity contribution >= 4 is 5.97 Å². The molecule has 0 heterocycles. The second-order valence-corrected chi connectivity index (χ2v) is 4.68. The average molecular weight is 236 g/mol. The van der Waals surface area contributed by atoms with Gasteiger partial charge in [0.1, 0.15) is 0 Å². The van der Waals surface area contributed by atoms with E-state index in [1.54, 1.807) is 0 Å². The van der Waals surface area contributed by atoms with Crippen molar-refractivity contribution in [3.8, 4) is 0 Å². The van der Waals surface area contributed by atoms with Crippen LogP contribution in [0.5, 0.6) is 0 Å². The van der Waals surface area contributed by atoms with Crippen LogP contribution < -0.4 is 0 Å². The molecule has 0 fully saturated rings. The fourth-order valence-electron chi connectivity index (χ4n) is 2.17. The molecule has 1 rings (SSSR count). The van der Waals surface area contributed by atoms with E-state index >= 15 is 0 Å². The SMILES string of the molecule is C=C(/C1=C/CCCCCC1)C(C)C(=O)OCC. The molecule has 1 aliphatic carbocycles. The fraction of sp³-hybridized carbons (Fsp3) is 0.667. The zero-order valence-electron chi connectivity index (χ0n) is 11.1. The first-order valence-electron chi connectivity index (χ1n) is 6.71. The summed E-state index contributed by atoms with van der Waals surface area (Å²) in [4.78, 5) is 11.7. The van der Waals surface area contributed by atoms with Gasteiger partial charge in [-0.1, -0.05) is 25.5 Å². The second-order valence-electron chi connectivity index (χ2n) is 4.68. The molecule has 1 aliphatic rings. The first-order valence-corrected chi connectivity index (χ1v) is 6.71. The van der Waals surface area contributed by atoms with Crippen LogP contribution in [0.4, 0.5) is 0 Å². The van der Waals surface area contributed by atoms with E-state index in [1.807, 2.05) is 13.8 Å². The van der Waals surface area contributed by atoms with E-state index in [4.69, 9.17) is 4.74 Å². The number of ether oxygens (including phenoxy) is 1. The molecular weight excluding hydrogens is 212 g/mol. The first kappa shape index (κ1) is 14.0. The van der Waals surface area contributed by atoms with Gasteiger partial charge in [0.2, 0.25) is 0 Å². The van der Waals surface area contributed by atoms with E-state index in [-0.39, 0.29) is 11.9 Å². The van der Waals surface area contributed by atoms with Crippen LogP contribution in [0, 0.1) is 5.92 Å². The topological polar surface area (TPSA) is 26.3 Å². The summed E-state index contributed by atoms with van der Waals surface area (Å²) in [5.41, 5.74) is 2.22. The summed E-state index contributed by atoms with van der Waals surface area (Å²) >= 11 is 0. The van der Waals surface area contributed by atoms with Gasteiger partial charge >= 0.3 is 5.97 Å². The lowest BCUT2D eigenvalue weighted by Gasteiger charge is -2.18. The van der Waals surface area contributed by atoms with Gasteiger partial charge in [-0.05, 0) is 50.7 Å². The van der Waals surface area contributed by atoms with E-state index in [1.165, 1.54) is 31.3 Å². The normalized spacial score (nSPS) is 21.6. The molecule has 0 aromatic heterocycles. The van der Waals surface area contributed by atoms with Crippen LogP contribution in [0.3, 0.4) is 0 Å². The molecule has 1 atom stereocenters. The molecule has 0 saturated carbocycles. The smallest absolute Gasteiger partial charge is 0.313 e. The molecule has 0 bridgehead atoms. The van der Waals surface area contributed by atoms with E-state index < -0.39 is 0 Å². The molecule has 0 aliphatic heterocycles. The lowest BCUT2D eigenvalue weighted by Crippen LogP contribution is -2.17.